The molecule has 0 radical (unpaired) electrons. The van der Waals surface area contributed by atoms with Gasteiger partial charge in [-0.15, -0.1) is 0 Å². The Bertz CT molecular complexity index is 223. The second kappa shape index (κ2) is 5.83. The Labute approximate surface area is 101 Å². The molecule has 2 heteroatoms. The van der Waals surface area contributed by atoms with Crippen LogP contribution in [0.15, 0.2) is 12.2 Å². The molecule has 1 fully saturated rings. The van der Waals surface area contributed by atoms with Crippen LogP contribution in [-0.4, -0.2) is 36.1 Å². The van der Waals surface area contributed by atoms with Crippen LogP contribution in [0.1, 0.15) is 47.0 Å². The molecule has 0 heterocycles. The Morgan fingerprint density at radius 1 is 1.38 bits per heavy atom. The predicted octanol–water partition coefficient (Wildman–Crippen LogP) is 2.81. The Morgan fingerprint density at radius 3 is 2.44 bits per heavy atom. The van der Waals surface area contributed by atoms with Crippen LogP contribution < -0.4 is 5.32 Å². The minimum Gasteiger partial charge on any atom is -0.308 e. The minimum absolute atomic E-state index is 0.193. The van der Waals surface area contributed by atoms with Crippen LogP contribution >= 0.6 is 0 Å². The summed E-state index contributed by atoms with van der Waals surface area (Å²) in [5.41, 5.74) is 1.51. The van der Waals surface area contributed by atoms with E-state index in [-0.39, 0.29) is 5.54 Å². The molecule has 16 heavy (non-hydrogen) atoms. The minimum atomic E-state index is 0.193. The maximum absolute atomic E-state index is 4.19. The molecule has 1 saturated carbocycles. The monoisotopic (exact) mass is 224 g/mol. The third-order valence-corrected chi connectivity index (χ3v) is 2.87. The van der Waals surface area contributed by atoms with Crippen molar-refractivity contribution in [3.05, 3.63) is 12.2 Å². The number of hydrogen-bond donors (Lipinski definition) is 1. The lowest BCUT2D eigenvalue weighted by Gasteiger charge is -2.25. The maximum atomic E-state index is 4.19. The number of nitrogens with one attached hydrogen (secondary N) is 1. The summed E-state index contributed by atoms with van der Waals surface area (Å²) in [4.78, 5) is 2.59. The fourth-order valence-electron chi connectivity index (χ4n) is 1.85. The molecular weight excluding hydrogens is 196 g/mol. The van der Waals surface area contributed by atoms with Gasteiger partial charge in [0.15, 0.2) is 0 Å². The lowest BCUT2D eigenvalue weighted by Crippen LogP contribution is -2.39. The highest BCUT2D eigenvalue weighted by Crippen LogP contribution is 2.27. The number of nitrogens with zero attached hydrogens (tertiary/aromatic N) is 1. The van der Waals surface area contributed by atoms with Crippen LogP contribution in [0.2, 0.25) is 0 Å². The summed E-state index contributed by atoms with van der Waals surface area (Å²) < 4.78 is 0. The van der Waals surface area contributed by atoms with Crippen LogP contribution in [0.4, 0.5) is 0 Å². The first-order chi connectivity index (χ1) is 7.42. The molecule has 0 unspecified atom stereocenters. The van der Waals surface area contributed by atoms with Crippen molar-refractivity contribution in [1.82, 2.24) is 10.2 Å². The topological polar surface area (TPSA) is 15.3 Å². The van der Waals surface area contributed by atoms with E-state index in [0.29, 0.717) is 0 Å². The van der Waals surface area contributed by atoms with Crippen LogP contribution in [0, 0.1) is 0 Å². The Kier molecular flexibility index (Phi) is 5.00. The van der Waals surface area contributed by atoms with E-state index in [1.165, 1.54) is 31.4 Å². The Morgan fingerprint density at radius 2 is 2.00 bits per heavy atom. The van der Waals surface area contributed by atoms with Gasteiger partial charge in [-0.1, -0.05) is 13.5 Å². The van der Waals surface area contributed by atoms with E-state index in [1.54, 1.807) is 0 Å². The zero-order chi connectivity index (χ0) is 12.2. The van der Waals surface area contributed by atoms with Crippen LogP contribution in [0.5, 0.6) is 0 Å². The zero-order valence-corrected chi connectivity index (χ0v) is 11.5. The molecule has 2 nitrogen and oxygen atoms in total. The highest BCUT2D eigenvalue weighted by molar-refractivity contribution is 5.03. The second-order valence-corrected chi connectivity index (χ2v) is 6.06. The first-order valence-corrected chi connectivity index (χ1v) is 6.58. The van der Waals surface area contributed by atoms with Crippen LogP contribution in [0.3, 0.4) is 0 Å². The van der Waals surface area contributed by atoms with E-state index in [9.17, 15) is 0 Å². The van der Waals surface area contributed by atoms with Gasteiger partial charge in [0.05, 0.1) is 0 Å². The van der Waals surface area contributed by atoms with Gasteiger partial charge >= 0.3 is 0 Å². The van der Waals surface area contributed by atoms with Crippen LogP contribution in [-0.2, 0) is 0 Å². The van der Waals surface area contributed by atoms with Gasteiger partial charge in [0.1, 0.15) is 0 Å². The SMILES string of the molecule is C=C(CNC(C)(C)C)CN(CCC)C1CC1. The lowest BCUT2D eigenvalue weighted by atomic mass is 10.1. The van der Waals surface area contributed by atoms with E-state index in [0.717, 1.165) is 19.1 Å². The molecule has 1 rings (SSSR count). The van der Waals surface area contributed by atoms with Crippen molar-refractivity contribution in [2.45, 2.75) is 58.5 Å². The van der Waals surface area contributed by atoms with E-state index in [2.05, 4.69) is 44.5 Å². The van der Waals surface area contributed by atoms with Gasteiger partial charge in [0.2, 0.25) is 0 Å². The van der Waals surface area contributed by atoms with Crippen molar-refractivity contribution in [1.29, 1.82) is 0 Å². The van der Waals surface area contributed by atoms with Gasteiger partial charge in [-0.25, -0.2) is 0 Å². The van der Waals surface area contributed by atoms with Gasteiger partial charge in [0.25, 0.3) is 0 Å². The van der Waals surface area contributed by atoms with Gasteiger partial charge in [-0.05, 0) is 52.2 Å². The molecule has 0 atom stereocenters. The predicted molar refractivity (Wildman–Crippen MR) is 71.8 cm³/mol. The van der Waals surface area contributed by atoms with Gasteiger partial charge < -0.3 is 5.32 Å². The fraction of sp³-hybridized carbons (Fsp3) is 0.857. The molecule has 94 valence electrons. The summed E-state index contributed by atoms with van der Waals surface area (Å²) >= 11 is 0. The standard InChI is InChI=1S/C14H28N2/c1-6-9-16(13-7-8-13)11-12(2)10-15-14(3,4)5/h13,15H,2,6-11H2,1,3-5H3. The zero-order valence-electron chi connectivity index (χ0n) is 11.5. The van der Waals surface area contributed by atoms with E-state index in [1.807, 2.05) is 0 Å². The molecule has 0 aromatic rings. The molecular formula is C14H28N2. The average Bonchev–Trinajstić information content (AvgIpc) is 2.96. The molecule has 0 bridgehead atoms. The lowest BCUT2D eigenvalue weighted by molar-refractivity contribution is 0.282. The third-order valence-electron chi connectivity index (χ3n) is 2.87. The van der Waals surface area contributed by atoms with Crippen LogP contribution in [0.25, 0.3) is 0 Å². The summed E-state index contributed by atoms with van der Waals surface area (Å²) in [6.07, 6.45) is 4.02. The summed E-state index contributed by atoms with van der Waals surface area (Å²) in [5, 5.41) is 3.50. The quantitative estimate of drug-likeness (QED) is 0.669. The van der Waals surface area contributed by atoms with E-state index in [4.69, 9.17) is 0 Å². The normalized spacial score (nSPS) is 16.8. The summed E-state index contributed by atoms with van der Waals surface area (Å²) in [7, 11) is 0. The van der Waals surface area contributed by atoms with Crippen molar-refractivity contribution in [2.75, 3.05) is 19.6 Å². The summed E-state index contributed by atoms with van der Waals surface area (Å²) in [6.45, 7) is 16.3. The highest BCUT2D eigenvalue weighted by Gasteiger charge is 2.28. The number of hydrogen-bond acceptors (Lipinski definition) is 2. The van der Waals surface area contributed by atoms with Gasteiger partial charge in [-0.3, -0.25) is 4.90 Å². The van der Waals surface area contributed by atoms with Crippen molar-refractivity contribution in [3.63, 3.8) is 0 Å². The third kappa shape index (κ3) is 5.66. The van der Waals surface area contributed by atoms with Crippen molar-refractivity contribution in [3.8, 4) is 0 Å². The largest absolute Gasteiger partial charge is 0.308 e. The Balaban J connectivity index is 2.25. The molecule has 0 aromatic heterocycles. The molecule has 0 amide bonds. The first-order valence-electron chi connectivity index (χ1n) is 6.58. The van der Waals surface area contributed by atoms with Crippen molar-refractivity contribution >= 4 is 0 Å². The van der Waals surface area contributed by atoms with Crippen molar-refractivity contribution in [2.24, 2.45) is 0 Å². The maximum Gasteiger partial charge on any atom is 0.0205 e. The molecule has 1 N–H and O–H groups in total. The van der Waals surface area contributed by atoms with E-state index >= 15 is 0 Å². The van der Waals surface area contributed by atoms with Gasteiger partial charge in [-0.2, -0.15) is 0 Å². The highest BCUT2D eigenvalue weighted by atomic mass is 15.2. The average molecular weight is 224 g/mol. The number of rotatable bonds is 7. The Hall–Kier alpha value is -0.340. The molecule has 1 aliphatic rings. The summed E-state index contributed by atoms with van der Waals surface area (Å²) in [6, 6.07) is 0.853. The van der Waals surface area contributed by atoms with E-state index < -0.39 is 0 Å². The van der Waals surface area contributed by atoms with Gasteiger partial charge in [0, 0.05) is 24.7 Å². The fourth-order valence-corrected chi connectivity index (χ4v) is 1.85. The second-order valence-electron chi connectivity index (χ2n) is 6.06. The molecule has 0 saturated heterocycles. The first kappa shape index (κ1) is 13.7. The molecule has 0 aromatic carbocycles. The smallest absolute Gasteiger partial charge is 0.0205 e. The van der Waals surface area contributed by atoms with Crippen molar-refractivity contribution < 1.29 is 0 Å². The summed E-state index contributed by atoms with van der Waals surface area (Å²) in [5.74, 6) is 0. The molecule has 0 aliphatic heterocycles. The molecule has 0 spiro atoms. The molecule has 1 aliphatic carbocycles.